The second-order valence-corrected chi connectivity index (χ2v) is 16.2. The second-order valence-electron chi connectivity index (χ2n) is 9.96. The molecule has 12 heteroatoms. The van der Waals surface area contributed by atoms with Crippen LogP contribution >= 0.6 is 11.8 Å². The molecule has 0 aromatic rings. The smallest absolute Gasteiger partial charge is 0.500 e. The average molecular weight is 505 g/mol. The molecule has 0 bridgehead atoms. The fraction of sp³-hybridized carbons (Fsp3) is 0.947. The minimum Gasteiger partial charge on any atom is -0.748 e. The molecule has 0 heterocycles. The maximum atomic E-state index is 12.1. The van der Waals surface area contributed by atoms with E-state index >= 15 is 0 Å². The minimum atomic E-state index is -4.55. The zero-order valence-electron chi connectivity index (χ0n) is 21.2. The molecule has 0 aromatic carbocycles. The molecule has 0 aliphatic rings. The van der Waals surface area contributed by atoms with Gasteiger partial charge in [-0.3, -0.25) is 4.79 Å². The van der Waals surface area contributed by atoms with Gasteiger partial charge >= 0.3 is 8.80 Å². The number of carbonyl (C=O) groups is 1. The quantitative estimate of drug-likeness (QED) is 0.175. The minimum absolute atomic E-state index is 0.365. The molecule has 0 spiro atoms. The lowest BCUT2D eigenvalue weighted by Gasteiger charge is -2.31. The standard InChI is InChI=1S/C15H33NO7S2Si.C4H12N/c1-14(2,16-13(17)11-15(3,4)25(18,19)20)12-24-9-8-10-26(21-5,22-6)23-7;1-5(2,3)4/h8-12H2,1-7H3,(H,16,17)(H,18,19,20);1-4H3/q;+1/p-1. The van der Waals surface area contributed by atoms with Crippen molar-refractivity contribution in [2.24, 2.45) is 0 Å². The van der Waals surface area contributed by atoms with Gasteiger partial charge in [-0.1, -0.05) is 0 Å². The summed E-state index contributed by atoms with van der Waals surface area (Å²) in [5.74, 6) is 1.03. The molecule has 0 atom stereocenters. The number of quaternary nitrogens is 1. The van der Waals surface area contributed by atoms with Crippen molar-refractivity contribution in [2.45, 2.75) is 56.9 Å². The van der Waals surface area contributed by atoms with Crippen molar-refractivity contribution in [2.75, 3.05) is 61.0 Å². The van der Waals surface area contributed by atoms with Crippen molar-refractivity contribution in [3.63, 3.8) is 0 Å². The van der Waals surface area contributed by atoms with E-state index in [2.05, 4.69) is 33.5 Å². The molecule has 0 saturated carbocycles. The fourth-order valence-corrected chi connectivity index (χ4v) is 5.57. The highest BCUT2D eigenvalue weighted by Gasteiger charge is 2.37. The van der Waals surface area contributed by atoms with E-state index in [-0.39, 0.29) is 6.42 Å². The van der Waals surface area contributed by atoms with Crippen molar-refractivity contribution < 1.29 is 35.5 Å². The lowest BCUT2D eigenvalue weighted by molar-refractivity contribution is -0.849. The summed E-state index contributed by atoms with van der Waals surface area (Å²) in [5.41, 5.74) is -0.525. The van der Waals surface area contributed by atoms with Crippen LogP contribution in [-0.4, -0.2) is 103 Å². The molecule has 188 valence electrons. The summed E-state index contributed by atoms with van der Waals surface area (Å²) in [5, 5.41) is 2.80. The number of hydrogen-bond acceptors (Lipinski definition) is 8. The molecular weight excluding hydrogens is 460 g/mol. The van der Waals surface area contributed by atoms with Gasteiger partial charge in [0, 0.05) is 45.1 Å². The molecule has 0 fully saturated rings. The van der Waals surface area contributed by atoms with Crippen LogP contribution < -0.4 is 5.32 Å². The van der Waals surface area contributed by atoms with Crippen molar-refractivity contribution in [1.29, 1.82) is 0 Å². The highest BCUT2D eigenvalue weighted by Crippen LogP contribution is 2.22. The predicted octanol–water partition coefficient (Wildman–Crippen LogP) is 1.92. The first-order valence-corrected chi connectivity index (χ1v) is 14.5. The van der Waals surface area contributed by atoms with Crippen molar-refractivity contribution >= 4 is 36.6 Å². The van der Waals surface area contributed by atoms with Gasteiger partial charge in [0.1, 0.15) is 10.1 Å². The van der Waals surface area contributed by atoms with Crippen LogP contribution in [0.3, 0.4) is 0 Å². The third-order valence-electron chi connectivity index (χ3n) is 3.91. The molecule has 1 N–H and O–H groups in total. The number of nitrogens with zero attached hydrogens (tertiary/aromatic N) is 1. The topological polar surface area (TPSA) is 114 Å². The van der Waals surface area contributed by atoms with E-state index in [4.69, 9.17) is 13.3 Å². The fourth-order valence-electron chi connectivity index (χ4n) is 2.21. The van der Waals surface area contributed by atoms with Crippen LogP contribution in [0.1, 0.15) is 40.5 Å². The monoisotopic (exact) mass is 504 g/mol. The number of thioether (sulfide) groups is 1. The lowest BCUT2D eigenvalue weighted by atomic mass is 10.1. The Morgan fingerprint density at radius 1 is 1.03 bits per heavy atom. The predicted molar refractivity (Wildman–Crippen MR) is 128 cm³/mol. The van der Waals surface area contributed by atoms with Crippen LogP contribution in [0.4, 0.5) is 0 Å². The molecule has 0 aliphatic heterocycles. The number of amides is 1. The molecular formula is C19H44N2O7S2Si. The number of carbonyl (C=O) groups excluding carboxylic acids is 1. The summed E-state index contributed by atoms with van der Waals surface area (Å²) < 4.78 is 49.0. The van der Waals surface area contributed by atoms with E-state index in [0.717, 1.165) is 16.7 Å². The molecule has 9 nitrogen and oxygen atoms in total. The Bertz CT molecular complexity index is 617. The number of nitrogens with one attached hydrogen (secondary N) is 1. The lowest BCUT2D eigenvalue weighted by Crippen LogP contribution is -2.48. The Morgan fingerprint density at radius 3 is 1.81 bits per heavy atom. The van der Waals surface area contributed by atoms with E-state index in [1.807, 2.05) is 13.8 Å². The molecule has 0 aromatic heterocycles. The third-order valence-corrected chi connectivity index (χ3v) is 9.74. The van der Waals surface area contributed by atoms with Gasteiger partial charge < -0.3 is 27.6 Å². The summed E-state index contributed by atoms with van der Waals surface area (Å²) in [4.78, 5) is 12.1. The van der Waals surface area contributed by atoms with E-state index in [9.17, 15) is 17.8 Å². The van der Waals surface area contributed by atoms with Gasteiger partial charge in [-0.25, -0.2) is 8.42 Å². The van der Waals surface area contributed by atoms with Crippen LogP contribution in [0.25, 0.3) is 0 Å². The maximum absolute atomic E-state index is 12.1. The third kappa shape index (κ3) is 16.1. The molecule has 0 aliphatic carbocycles. The normalized spacial score (nSPS) is 13.4. The van der Waals surface area contributed by atoms with Crippen LogP contribution in [0, 0.1) is 0 Å². The van der Waals surface area contributed by atoms with Gasteiger partial charge in [0.15, 0.2) is 0 Å². The first-order valence-electron chi connectivity index (χ1n) is 10.0. The molecule has 1 amide bonds. The Hall–Kier alpha value is -0.213. The van der Waals surface area contributed by atoms with E-state index in [1.54, 1.807) is 33.1 Å². The van der Waals surface area contributed by atoms with Crippen molar-refractivity contribution in [3.8, 4) is 0 Å². The van der Waals surface area contributed by atoms with Crippen LogP contribution in [-0.2, 0) is 28.2 Å². The molecule has 31 heavy (non-hydrogen) atoms. The molecule has 0 saturated heterocycles. The van der Waals surface area contributed by atoms with Gasteiger partial charge in [-0.15, -0.1) is 0 Å². The van der Waals surface area contributed by atoms with Gasteiger partial charge in [0.25, 0.3) is 0 Å². The Labute approximate surface area is 195 Å². The highest BCUT2D eigenvalue weighted by atomic mass is 32.2. The Balaban J connectivity index is 0. The first kappa shape index (κ1) is 33.0. The summed E-state index contributed by atoms with van der Waals surface area (Å²) in [7, 11) is 6.13. The molecule has 0 unspecified atom stereocenters. The largest absolute Gasteiger partial charge is 0.748 e. The summed E-state index contributed by atoms with van der Waals surface area (Å²) in [6, 6.07) is 0.700. The number of rotatable bonds is 13. The zero-order chi connectivity index (χ0) is 25.1. The zero-order valence-corrected chi connectivity index (χ0v) is 23.8. The second kappa shape index (κ2) is 13.5. The van der Waals surface area contributed by atoms with E-state index in [0.29, 0.717) is 11.8 Å². The van der Waals surface area contributed by atoms with E-state index in [1.165, 1.54) is 13.8 Å². The highest BCUT2D eigenvalue weighted by molar-refractivity contribution is 7.99. The van der Waals surface area contributed by atoms with Crippen molar-refractivity contribution in [3.05, 3.63) is 0 Å². The summed E-state index contributed by atoms with van der Waals surface area (Å²) in [6.45, 7) is 6.23. The maximum Gasteiger partial charge on any atom is 0.500 e. The van der Waals surface area contributed by atoms with Gasteiger partial charge in [-0.05, 0) is 39.9 Å². The SMILES string of the molecule is CO[Si](CCCSCC(C)(C)NC(=O)CC(C)(C)S(=O)(=O)[O-])(OC)OC.C[N+](C)(C)C. The van der Waals surface area contributed by atoms with Gasteiger partial charge in [-0.2, -0.15) is 11.8 Å². The Kier molecular flexibility index (Phi) is 14.3. The van der Waals surface area contributed by atoms with Crippen LogP contribution in [0.5, 0.6) is 0 Å². The average Bonchev–Trinajstić information content (AvgIpc) is 2.55. The van der Waals surface area contributed by atoms with Gasteiger partial charge in [0.2, 0.25) is 5.91 Å². The first-order chi connectivity index (χ1) is 13.7. The summed E-state index contributed by atoms with van der Waals surface area (Å²) >= 11 is 1.66. The van der Waals surface area contributed by atoms with Crippen molar-refractivity contribution in [1.82, 2.24) is 5.32 Å². The molecule has 0 radical (unpaired) electrons. The van der Waals surface area contributed by atoms with Gasteiger partial charge in [0.05, 0.1) is 32.9 Å². The summed E-state index contributed by atoms with van der Waals surface area (Å²) in [6.07, 6.45) is 0.481. The van der Waals surface area contributed by atoms with Crippen LogP contribution in [0.2, 0.25) is 6.04 Å². The van der Waals surface area contributed by atoms with Crippen LogP contribution in [0.15, 0.2) is 0 Å². The van der Waals surface area contributed by atoms with E-state index < -0.39 is 35.1 Å². The molecule has 0 rings (SSSR count). The Morgan fingerprint density at radius 2 is 1.45 bits per heavy atom. The number of hydrogen-bond donors (Lipinski definition) is 1.